The molecule has 234 valence electrons. The number of rotatable bonds is 5. The quantitative estimate of drug-likeness (QED) is 0.518. The number of aliphatic carboxylic acids is 1. The van der Waals surface area contributed by atoms with Crippen LogP contribution in [-0.2, 0) is 36.6 Å². The highest BCUT2D eigenvalue weighted by Crippen LogP contribution is 2.39. The van der Waals surface area contributed by atoms with Crippen LogP contribution in [0.15, 0.2) is 12.1 Å². The Labute approximate surface area is 255 Å². The van der Waals surface area contributed by atoms with E-state index in [2.05, 4.69) is 17.0 Å². The summed E-state index contributed by atoms with van der Waals surface area (Å²) in [7, 11) is -0.538. The van der Waals surface area contributed by atoms with Gasteiger partial charge < -0.3 is 29.0 Å². The number of nitrogens with zero attached hydrogens (tertiary/aromatic N) is 3. The third kappa shape index (κ3) is 5.51. The van der Waals surface area contributed by atoms with Gasteiger partial charge in [-0.15, -0.1) is 0 Å². The van der Waals surface area contributed by atoms with Crippen LogP contribution in [0.25, 0.3) is 0 Å². The van der Waals surface area contributed by atoms with Gasteiger partial charge >= 0.3 is 19.1 Å². The van der Waals surface area contributed by atoms with Gasteiger partial charge in [0, 0.05) is 51.1 Å². The molecule has 4 saturated heterocycles. The Kier molecular flexibility index (Phi) is 7.72. The van der Waals surface area contributed by atoms with Gasteiger partial charge in [-0.25, -0.2) is 4.79 Å². The number of ketones is 1. The first-order valence-electron chi connectivity index (χ1n) is 15.8. The Balaban J connectivity index is 1.35. The van der Waals surface area contributed by atoms with E-state index in [1.165, 1.54) is 0 Å². The van der Waals surface area contributed by atoms with Crippen LogP contribution in [0.1, 0.15) is 83.5 Å². The van der Waals surface area contributed by atoms with Gasteiger partial charge in [0.1, 0.15) is 5.78 Å². The fraction of sp³-hybridized carbons (Fsp3) is 0.719. The zero-order valence-electron chi connectivity index (χ0n) is 26.5. The lowest BCUT2D eigenvalue weighted by atomic mass is 9.74. The van der Waals surface area contributed by atoms with Crippen molar-refractivity contribution < 1.29 is 33.5 Å². The van der Waals surface area contributed by atoms with Crippen LogP contribution in [0.3, 0.4) is 0 Å². The summed E-state index contributed by atoms with van der Waals surface area (Å²) in [6, 6.07) is 4.13. The lowest BCUT2D eigenvalue weighted by Gasteiger charge is -2.47. The van der Waals surface area contributed by atoms with Crippen molar-refractivity contribution in [3.63, 3.8) is 0 Å². The number of fused-ring (bicyclic) bond motifs is 4. The van der Waals surface area contributed by atoms with E-state index in [0.717, 1.165) is 35.0 Å². The first-order chi connectivity index (χ1) is 20.2. The van der Waals surface area contributed by atoms with Gasteiger partial charge in [-0.1, -0.05) is 12.1 Å². The molecule has 0 radical (unpaired) electrons. The topological polar surface area (TPSA) is 109 Å². The molecule has 1 saturated carbocycles. The SMILES string of the molecule is CC(C)(CN1CCOC[C@H]1c1cc(B2OC(C)(C)C(C)(C)O2)cc2c1CN(C(=O)N1CC3CCC1CC3=O)CC2)C(=O)O. The number of morpholine rings is 1. The highest BCUT2D eigenvalue weighted by Gasteiger charge is 2.52. The molecule has 1 N–H and O–H groups in total. The van der Waals surface area contributed by atoms with Gasteiger partial charge in [0.2, 0.25) is 0 Å². The van der Waals surface area contributed by atoms with Crippen molar-refractivity contribution in [2.24, 2.45) is 11.3 Å². The molecule has 7 rings (SSSR count). The molecular weight excluding hydrogens is 549 g/mol. The van der Waals surface area contributed by atoms with Crippen molar-refractivity contribution in [2.75, 3.05) is 39.4 Å². The lowest BCUT2D eigenvalue weighted by Crippen LogP contribution is -2.58. The zero-order valence-corrected chi connectivity index (χ0v) is 26.5. The zero-order chi connectivity index (χ0) is 30.9. The maximum Gasteiger partial charge on any atom is 0.494 e. The fourth-order valence-electron chi connectivity index (χ4n) is 7.31. The number of carbonyl (C=O) groups excluding carboxylic acids is 2. The lowest BCUT2D eigenvalue weighted by molar-refractivity contribution is -0.149. The standard InChI is InChI=1S/C32H46BN3O7/c1-30(2,28(38)39)19-35-11-12-41-18-26(35)24-14-22(33-42-31(3,4)32(5,6)43-33)13-20-9-10-34(17-25(20)24)29(40)36-16-21-7-8-23(36)15-27(21)37/h13-14,21,23,26H,7-12,15-19H2,1-6H3,(H,38,39)/t21?,23?,26-/m0/s1. The molecule has 2 unspecified atom stereocenters. The molecule has 2 amide bonds. The van der Waals surface area contributed by atoms with Crippen LogP contribution >= 0.6 is 0 Å². The minimum atomic E-state index is -0.938. The molecule has 5 aliphatic heterocycles. The summed E-state index contributed by atoms with van der Waals surface area (Å²) in [6.45, 7) is 15.2. The molecule has 6 aliphatic rings. The van der Waals surface area contributed by atoms with Gasteiger partial charge in [0.25, 0.3) is 0 Å². The molecule has 43 heavy (non-hydrogen) atoms. The number of urea groups is 1. The summed E-state index contributed by atoms with van der Waals surface area (Å²) in [5, 5.41) is 9.93. The minimum Gasteiger partial charge on any atom is -0.481 e. The Morgan fingerprint density at radius 2 is 1.81 bits per heavy atom. The van der Waals surface area contributed by atoms with Crippen LogP contribution in [0.2, 0.25) is 0 Å². The molecular formula is C32H46BN3O7. The number of carboxylic acid groups (broad SMARTS) is 1. The van der Waals surface area contributed by atoms with Crippen molar-refractivity contribution in [3.05, 3.63) is 28.8 Å². The summed E-state index contributed by atoms with van der Waals surface area (Å²) in [6.07, 6.45) is 2.93. The highest BCUT2D eigenvalue weighted by atomic mass is 16.7. The van der Waals surface area contributed by atoms with E-state index >= 15 is 0 Å². The minimum absolute atomic E-state index is 0.00268. The van der Waals surface area contributed by atoms with E-state index in [1.807, 2.05) is 37.5 Å². The molecule has 11 heteroatoms. The van der Waals surface area contributed by atoms with Crippen LogP contribution in [0.5, 0.6) is 0 Å². The summed E-state index contributed by atoms with van der Waals surface area (Å²) >= 11 is 0. The van der Waals surface area contributed by atoms with Crippen molar-refractivity contribution in [1.82, 2.24) is 14.7 Å². The van der Waals surface area contributed by atoms with Crippen molar-refractivity contribution >= 4 is 30.4 Å². The Morgan fingerprint density at radius 1 is 1.09 bits per heavy atom. The molecule has 3 atom stereocenters. The van der Waals surface area contributed by atoms with E-state index < -0.39 is 29.7 Å². The predicted molar refractivity (Wildman–Crippen MR) is 161 cm³/mol. The van der Waals surface area contributed by atoms with E-state index in [1.54, 1.807) is 13.8 Å². The number of piperidine rings is 2. The van der Waals surface area contributed by atoms with Crippen molar-refractivity contribution in [2.45, 2.75) is 97.1 Å². The molecule has 1 aromatic carbocycles. The summed E-state index contributed by atoms with van der Waals surface area (Å²) in [5.74, 6) is -0.574. The predicted octanol–water partition coefficient (Wildman–Crippen LogP) is 3.00. The third-order valence-electron chi connectivity index (χ3n) is 10.8. The van der Waals surface area contributed by atoms with Gasteiger partial charge in [-0.2, -0.15) is 0 Å². The normalized spacial score (nSPS) is 28.7. The largest absolute Gasteiger partial charge is 0.494 e. The number of carboxylic acids is 1. The maximum atomic E-state index is 13.9. The molecule has 5 fully saturated rings. The molecule has 0 spiro atoms. The second kappa shape index (κ2) is 10.9. The van der Waals surface area contributed by atoms with Gasteiger partial charge in [-0.3, -0.25) is 14.5 Å². The van der Waals surface area contributed by atoms with Gasteiger partial charge in [0.05, 0.1) is 35.9 Å². The average Bonchev–Trinajstić information content (AvgIpc) is 3.18. The molecule has 2 bridgehead atoms. The van der Waals surface area contributed by atoms with Crippen LogP contribution in [-0.4, -0.2) is 101 Å². The second-order valence-electron chi connectivity index (χ2n) is 14.8. The van der Waals surface area contributed by atoms with E-state index in [9.17, 15) is 19.5 Å². The second-order valence-corrected chi connectivity index (χ2v) is 14.8. The Morgan fingerprint density at radius 3 is 2.44 bits per heavy atom. The average molecular weight is 596 g/mol. The van der Waals surface area contributed by atoms with Crippen LogP contribution < -0.4 is 5.46 Å². The number of Topliss-reactive ketones (excluding diaryl/α,β-unsaturated/α-hetero) is 1. The van der Waals surface area contributed by atoms with E-state index in [-0.39, 0.29) is 24.0 Å². The van der Waals surface area contributed by atoms with Crippen molar-refractivity contribution in [1.29, 1.82) is 0 Å². The number of ether oxygens (including phenoxy) is 1. The van der Waals surface area contributed by atoms with Gasteiger partial charge in [-0.05, 0) is 83.0 Å². The monoisotopic (exact) mass is 595 g/mol. The van der Waals surface area contributed by atoms with Gasteiger partial charge in [0.15, 0.2) is 0 Å². The summed E-state index contributed by atoms with van der Waals surface area (Å²) in [4.78, 5) is 44.4. The molecule has 5 heterocycles. The first-order valence-corrected chi connectivity index (χ1v) is 15.8. The number of benzene rings is 1. The highest BCUT2D eigenvalue weighted by molar-refractivity contribution is 6.62. The summed E-state index contributed by atoms with van der Waals surface area (Å²) in [5.41, 5.74) is 2.30. The number of carbonyl (C=O) groups is 3. The van der Waals surface area contributed by atoms with Crippen molar-refractivity contribution in [3.8, 4) is 0 Å². The number of hydrogen-bond donors (Lipinski definition) is 1. The maximum absolute atomic E-state index is 13.9. The van der Waals surface area contributed by atoms with Crippen LogP contribution in [0, 0.1) is 11.3 Å². The summed E-state index contributed by atoms with van der Waals surface area (Å²) < 4.78 is 18.9. The number of hydrogen-bond acceptors (Lipinski definition) is 7. The first kappa shape index (κ1) is 30.6. The van der Waals surface area contributed by atoms with E-state index in [4.69, 9.17) is 14.0 Å². The Bertz CT molecular complexity index is 1300. The Hall–Kier alpha value is -2.47. The fourth-order valence-corrected chi connectivity index (χ4v) is 7.31. The molecule has 1 aliphatic carbocycles. The molecule has 0 aromatic heterocycles. The molecule has 1 aromatic rings. The van der Waals surface area contributed by atoms with E-state index in [0.29, 0.717) is 64.6 Å². The number of amides is 2. The third-order valence-corrected chi connectivity index (χ3v) is 10.8. The smallest absolute Gasteiger partial charge is 0.481 e. The van der Waals surface area contributed by atoms with Crippen LogP contribution in [0.4, 0.5) is 4.79 Å². The molecule has 10 nitrogen and oxygen atoms in total.